The van der Waals surface area contributed by atoms with Crippen LogP contribution in [0.1, 0.15) is 195 Å². The van der Waals surface area contributed by atoms with Crippen molar-refractivity contribution >= 4 is 11.9 Å². The van der Waals surface area contributed by atoms with Gasteiger partial charge in [-0.1, -0.05) is 156 Å². The molecule has 0 amide bonds. The van der Waals surface area contributed by atoms with Crippen LogP contribution in [0.2, 0.25) is 0 Å². The van der Waals surface area contributed by atoms with Crippen molar-refractivity contribution in [1.29, 1.82) is 0 Å². The molecule has 0 heterocycles. The number of carbonyl (C=O) groups excluding carboxylic acids is 2. The Morgan fingerprint density at radius 2 is 0.600 bits per heavy atom. The van der Waals surface area contributed by atoms with Crippen molar-refractivity contribution in [3.63, 3.8) is 0 Å². The first-order chi connectivity index (χ1) is 19.6. The number of hydrogen-bond acceptors (Lipinski definition) is 4. The number of hydrogen-bond donors (Lipinski definition) is 0. The summed E-state index contributed by atoms with van der Waals surface area (Å²) in [5.41, 5.74) is 1.20. The summed E-state index contributed by atoms with van der Waals surface area (Å²) in [5.74, 6) is -0.556. The molecule has 0 aliphatic heterocycles. The van der Waals surface area contributed by atoms with E-state index in [-0.39, 0.29) is 11.9 Å². The first kappa shape index (κ1) is 38.7. The lowest BCUT2D eigenvalue weighted by molar-refractivity contribution is -0.142. The summed E-state index contributed by atoms with van der Waals surface area (Å²) >= 11 is 0. The monoisotopic (exact) mass is 565 g/mol. The third-order valence-electron chi connectivity index (χ3n) is 7.88. The quantitative estimate of drug-likeness (QED) is 0.0494. The van der Waals surface area contributed by atoms with Gasteiger partial charge in [0.2, 0.25) is 0 Å². The molecule has 0 atom stereocenters. The Morgan fingerprint density at radius 1 is 0.350 bits per heavy atom. The van der Waals surface area contributed by atoms with Crippen molar-refractivity contribution < 1.29 is 19.1 Å². The van der Waals surface area contributed by atoms with Crippen molar-refractivity contribution in [3.8, 4) is 0 Å². The molecule has 236 valence electrons. The molecule has 0 bridgehead atoms. The van der Waals surface area contributed by atoms with Gasteiger partial charge in [0.1, 0.15) is 0 Å². The summed E-state index contributed by atoms with van der Waals surface area (Å²) in [6.45, 7) is 9.80. The largest absolute Gasteiger partial charge is 0.462 e. The van der Waals surface area contributed by atoms with E-state index in [2.05, 4.69) is 27.7 Å². The van der Waals surface area contributed by atoms with E-state index in [1.165, 1.54) is 103 Å². The van der Waals surface area contributed by atoms with Crippen LogP contribution < -0.4 is 0 Å². The third kappa shape index (κ3) is 23.4. The summed E-state index contributed by atoms with van der Waals surface area (Å²) in [6.07, 6.45) is 29.0. The molecule has 0 aromatic carbocycles. The van der Waals surface area contributed by atoms with Gasteiger partial charge in [-0.15, -0.1) is 0 Å². The first-order valence-corrected chi connectivity index (χ1v) is 17.7. The van der Waals surface area contributed by atoms with E-state index in [0.29, 0.717) is 37.2 Å². The third-order valence-corrected chi connectivity index (χ3v) is 7.88. The van der Waals surface area contributed by atoms with E-state index in [1.807, 2.05) is 0 Å². The van der Waals surface area contributed by atoms with E-state index in [1.54, 1.807) is 0 Å². The molecule has 4 heteroatoms. The highest BCUT2D eigenvalue weighted by molar-refractivity contribution is 6.00. The van der Waals surface area contributed by atoms with Crippen LogP contribution in [0.4, 0.5) is 0 Å². The van der Waals surface area contributed by atoms with Gasteiger partial charge in [-0.25, -0.2) is 9.59 Å². The molecule has 4 nitrogen and oxygen atoms in total. The summed E-state index contributed by atoms with van der Waals surface area (Å²) in [7, 11) is 0. The second-order valence-electron chi connectivity index (χ2n) is 11.8. The minimum Gasteiger partial charge on any atom is -0.462 e. The molecular weight excluding hydrogens is 496 g/mol. The molecule has 0 aromatic heterocycles. The number of ether oxygens (including phenoxy) is 2. The maximum absolute atomic E-state index is 13.4. The molecule has 0 N–H and O–H groups in total. The topological polar surface area (TPSA) is 52.6 Å². The van der Waals surface area contributed by atoms with Crippen LogP contribution in [-0.4, -0.2) is 25.2 Å². The Hall–Kier alpha value is -1.32. The molecule has 40 heavy (non-hydrogen) atoms. The Balaban J connectivity index is 5.29. The van der Waals surface area contributed by atoms with Gasteiger partial charge in [0.05, 0.1) is 13.2 Å². The van der Waals surface area contributed by atoms with Crippen molar-refractivity contribution in [2.24, 2.45) is 0 Å². The van der Waals surface area contributed by atoms with E-state index in [0.717, 1.165) is 51.4 Å². The van der Waals surface area contributed by atoms with Gasteiger partial charge in [0, 0.05) is 11.1 Å². The Morgan fingerprint density at radius 3 is 0.900 bits per heavy atom. The number of esters is 2. The molecule has 0 aliphatic carbocycles. The van der Waals surface area contributed by atoms with Gasteiger partial charge in [0.25, 0.3) is 0 Å². The Labute approximate surface area is 249 Å². The zero-order valence-corrected chi connectivity index (χ0v) is 27.4. The van der Waals surface area contributed by atoms with Crippen LogP contribution in [-0.2, 0) is 19.1 Å². The average Bonchev–Trinajstić information content (AvgIpc) is 2.96. The fourth-order valence-corrected chi connectivity index (χ4v) is 5.19. The smallest absolute Gasteiger partial charge is 0.334 e. The number of carbonyl (C=O) groups is 2. The lowest BCUT2D eigenvalue weighted by Gasteiger charge is -2.15. The zero-order chi connectivity index (χ0) is 29.5. The second-order valence-corrected chi connectivity index (χ2v) is 11.8. The van der Waals surface area contributed by atoms with Crippen molar-refractivity contribution in [2.75, 3.05) is 13.2 Å². The molecule has 0 aliphatic rings. The number of rotatable bonds is 30. The van der Waals surface area contributed by atoms with Gasteiger partial charge in [0.15, 0.2) is 0 Å². The fraction of sp³-hybridized carbons (Fsp3) is 0.889. The summed E-state index contributed by atoms with van der Waals surface area (Å²) < 4.78 is 11.5. The zero-order valence-electron chi connectivity index (χ0n) is 27.4. The van der Waals surface area contributed by atoms with Crippen molar-refractivity contribution in [3.05, 3.63) is 11.1 Å². The van der Waals surface area contributed by atoms with Gasteiger partial charge in [-0.3, -0.25) is 0 Å². The highest BCUT2D eigenvalue weighted by atomic mass is 16.5. The van der Waals surface area contributed by atoms with Crippen molar-refractivity contribution in [1.82, 2.24) is 0 Å². The van der Waals surface area contributed by atoms with Gasteiger partial charge < -0.3 is 9.47 Å². The van der Waals surface area contributed by atoms with Crippen molar-refractivity contribution in [2.45, 2.75) is 195 Å². The molecule has 0 spiro atoms. The van der Waals surface area contributed by atoms with Crippen LogP contribution in [0.5, 0.6) is 0 Å². The highest BCUT2D eigenvalue weighted by Crippen LogP contribution is 2.23. The number of unbranched alkanes of at least 4 members (excludes halogenated alkanes) is 20. The van der Waals surface area contributed by atoms with Crippen LogP contribution in [0, 0.1) is 0 Å². The Bertz CT molecular complexity index is 558. The van der Waals surface area contributed by atoms with E-state index < -0.39 is 0 Å². The minimum absolute atomic E-state index is 0.278. The van der Waals surface area contributed by atoms with Crippen LogP contribution >= 0.6 is 0 Å². The van der Waals surface area contributed by atoms with E-state index in [4.69, 9.17) is 9.47 Å². The Kier molecular flexibility index (Phi) is 29.6. The molecular formula is C36H68O4. The molecule has 0 fully saturated rings. The minimum atomic E-state index is -0.278. The summed E-state index contributed by atoms with van der Waals surface area (Å²) in [4.78, 5) is 26.7. The summed E-state index contributed by atoms with van der Waals surface area (Å²) in [5, 5.41) is 0. The molecule has 0 saturated carbocycles. The molecule has 0 radical (unpaired) electrons. The van der Waals surface area contributed by atoms with E-state index in [9.17, 15) is 9.59 Å². The predicted octanol–water partition coefficient (Wildman–Crippen LogP) is 11.6. The molecule has 0 rings (SSSR count). The van der Waals surface area contributed by atoms with Crippen LogP contribution in [0.25, 0.3) is 0 Å². The SMILES string of the molecule is CCCCCCCCOC(=O)C(CCCCCCCC)=C(CCCCCCCC)C(=O)OCCCCCCCC. The predicted molar refractivity (Wildman–Crippen MR) is 172 cm³/mol. The average molecular weight is 565 g/mol. The van der Waals surface area contributed by atoms with Crippen LogP contribution in [0.3, 0.4) is 0 Å². The van der Waals surface area contributed by atoms with Gasteiger partial charge in [-0.2, -0.15) is 0 Å². The first-order valence-electron chi connectivity index (χ1n) is 17.7. The maximum Gasteiger partial charge on any atom is 0.334 e. The van der Waals surface area contributed by atoms with Gasteiger partial charge >= 0.3 is 11.9 Å². The highest BCUT2D eigenvalue weighted by Gasteiger charge is 2.23. The second kappa shape index (κ2) is 30.6. The van der Waals surface area contributed by atoms with Crippen LogP contribution in [0.15, 0.2) is 11.1 Å². The standard InChI is InChI=1S/C36H68O4/c1-5-9-13-17-21-25-29-33(35(37)39-31-27-23-19-15-11-7-3)34(30-26-22-18-14-10-6-2)36(38)40-32-28-24-20-16-12-8-4/h5-32H2,1-4H3. The fourth-order valence-electron chi connectivity index (χ4n) is 5.19. The summed E-state index contributed by atoms with van der Waals surface area (Å²) in [6, 6.07) is 0. The lowest BCUT2D eigenvalue weighted by Crippen LogP contribution is -2.18. The lowest BCUT2D eigenvalue weighted by atomic mass is 9.96. The molecule has 0 aromatic rings. The van der Waals surface area contributed by atoms with Gasteiger partial charge in [-0.05, 0) is 38.5 Å². The normalized spacial score (nSPS) is 11.9. The molecule has 0 unspecified atom stereocenters. The van der Waals surface area contributed by atoms with E-state index >= 15 is 0 Å². The maximum atomic E-state index is 13.4. The molecule has 0 saturated heterocycles.